The number of nitrogens with zero attached hydrogens (tertiary/aromatic N) is 1. The number of alkyl halides is 1. The molecule has 1 aromatic carbocycles. The predicted molar refractivity (Wildman–Crippen MR) is 77.1 cm³/mol. The zero-order valence-electron chi connectivity index (χ0n) is 9.77. The molecule has 0 bridgehead atoms. The van der Waals surface area contributed by atoms with E-state index in [0.717, 1.165) is 27.9 Å². The van der Waals surface area contributed by atoms with E-state index in [1.165, 1.54) is 0 Å². The molecule has 0 radical (unpaired) electrons. The molecule has 0 N–H and O–H groups in total. The van der Waals surface area contributed by atoms with Crippen molar-refractivity contribution in [1.29, 1.82) is 0 Å². The normalized spacial score (nSPS) is 10.3. The van der Waals surface area contributed by atoms with Crippen LogP contribution in [0.15, 0.2) is 47.1 Å². The largest absolute Gasteiger partial charge is 0.493 e. The Morgan fingerprint density at radius 2 is 2.11 bits per heavy atom. The lowest BCUT2D eigenvalue weighted by atomic mass is 10.2. The summed E-state index contributed by atoms with van der Waals surface area (Å²) < 4.78 is 6.70. The summed E-state index contributed by atoms with van der Waals surface area (Å²) in [5.41, 5.74) is 2.07. The van der Waals surface area contributed by atoms with Crippen molar-refractivity contribution in [3.63, 3.8) is 0 Å². The first-order valence-electron chi connectivity index (χ1n) is 5.66. The maximum atomic E-state index is 5.84. The number of hydrogen-bond acceptors (Lipinski definition) is 2. The average Bonchev–Trinajstić information content (AvgIpc) is 2.42. The minimum Gasteiger partial charge on any atom is -0.493 e. The third kappa shape index (κ3) is 3.72. The molecule has 0 unspecified atom stereocenters. The number of pyridine rings is 1. The van der Waals surface area contributed by atoms with Gasteiger partial charge in [0, 0.05) is 28.7 Å². The summed E-state index contributed by atoms with van der Waals surface area (Å²) in [5.74, 6) is 1.31. The zero-order chi connectivity index (χ0) is 12.8. The smallest absolute Gasteiger partial charge is 0.119 e. The van der Waals surface area contributed by atoms with Crippen molar-refractivity contribution >= 4 is 27.5 Å². The van der Waals surface area contributed by atoms with Gasteiger partial charge in [-0.15, -0.1) is 11.6 Å². The van der Waals surface area contributed by atoms with Crippen molar-refractivity contribution in [3.05, 3.63) is 58.3 Å². The second-order valence-corrected chi connectivity index (χ2v) is 4.93. The fraction of sp³-hybridized carbons (Fsp3) is 0.214. The van der Waals surface area contributed by atoms with Crippen LogP contribution < -0.4 is 4.74 Å². The molecule has 0 aliphatic heterocycles. The second-order valence-electron chi connectivity index (χ2n) is 3.81. The van der Waals surface area contributed by atoms with E-state index in [1.54, 1.807) is 6.20 Å². The second kappa shape index (κ2) is 6.76. The first-order valence-corrected chi connectivity index (χ1v) is 6.99. The molecule has 1 aromatic heterocycles. The number of aromatic nitrogens is 1. The van der Waals surface area contributed by atoms with E-state index in [1.807, 2.05) is 36.4 Å². The van der Waals surface area contributed by atoms with Crippen LogP contribution >= 0.6 is 27.5 Å². The number of halogens is 2. The topological polar surface area (TPSA) is 22.1 Å². The van der Waals surface area contributed by atoms with Crippen molar-refractivity contribution in [2.75, 3.05) is 6.61 Å². The molecular weight excluding hydrogens is 314 g/mol. The number of rotatable bonds is 5. The lowest BCUT2D eigenvalue weighted by Gasteiger charge is -2.08. The Morgan fingerprint density at radius 3 is 2.83 bits per heavy atom. The highest BCUT2D eigenvalue weighted by Crippen LogP contribution is 2.24. The minimum absolute atomic E-state index is 0.470. The van der Waals surface area contributed by atoms with Gasteiger partial charge in [-0.1, -0.05) is 22.0 Å². The van der Waals surface area contributed by atoms with Crippen molar-refractivity contribution < 1.29 is 4.74 Å². The zero-order valence-corrected chi connectivity index (χ0v) is 12.1. The van der Waals surface area contributed by atoms with Crippen LogP contribution in [0, 0.1) is 0 Å². The van der Waals surface area contributed by atoms with Crippen LogP contribution in [-0.4, -0.2) is 11.6 Å². The number of benzene rings is 1. The summed E-state index contributed by atoms with van der Waals surface area (Å²) in [6.45, 7) is 0.611. The van der Waals surface area contributed by atoms with Crippen molar-refractivity contribution in [2.24, 2.45) is 0 Å². The molecule has 0 saturated heterocycles. The highest BCUT2D eigenvalue weighted by atomic mass is 79.9. The maximum Gasteiger partial charge on any atom is 0.119 e. The van der Waals surface area contributed by atoms with E-state index in [4.69, 9.17) is 16.3 Å². The van der Waals surface area contributed by atoms with E-state index in [2.05, 4.69) is 20.9 Å². The summed E-state index contributed by atoms with van der Waals surface area (Å²) in [6.07, 6.45) is 2.59. The van der Waals surface area contributed by atoms with Crippen molar-refractivity contribution in [3.8, 4) is 5.75 Å². The van der Waals surface area contributed by atoms with Gasteiger partial charge in [-0.25, -0.2) is 0 Å². The standard InChI is InChI=1S/C14H13BrClNO/c15-14-5-4-13(9-11(14)10-16)18-8-6-12-3-1-2-7-17-12/h1-5,7,9H,6,8,10H2. The molecule has 2 rings (SSSR count). The predicted octanol–water partition coefficient (Wildman–Crippen LogP) is 4.20. The molecular formula is C14H13BrClNO. The van der Waals surface area contributed by atoms with E-state index in [9.17, 15) is 0 Å². The molecule has 0 amide bonds. The summed E-state index contributed by atoms with van der Waals surface area (Å²) in [6, 6.07) is 11.7. The maximum absolute atomic E-state index is 5.84. The summed E-state index contributed by atoms with van der Waals surface area (Å²) in [5, 5.41) is 0. The number of hydrogen-bond donors (Lipinski definition) is 0. The van der Waals surface area contributed by atoms with Crippen molar-refractivity contribution in [2.45, 2.75) is 12.3 Å². The third-order valence-electron chi connectivity index (χ3n) is 2.51. The summed E-state index contributed by atoms with van der Waals surface area (Å²) >= 11 is 9.28. The Morgan fingerprint density at radius 1 is 1.22 bits per heavy atom. The van der Waals surface area contributed by atoms with Crippen LogP contribution in [0.3, 0.4) is 0 Å². The Balaban J connectivity index is 1.91. The van der Waals surface area contributed by atoms with Gasteiger partial charge < -0.3 is 4.74 Å². The molecule has 0 aliphatic rings. The van der Waals surface area contributed by atoms with Gasteiger partial charge in [-0.3, -0.25) is 4.98 Å². The van der Waals surface area contributed by atoms with E-state index < -0.39 is 0 Å². The Hall–Kier alpha value is -1.06. The van der Waals surface area contributed by atoms with Crippen LogP contribution in [0.1, 0.15) is 11.3 Å². The van der Waals surface area contributed by atoms with E-state index >= 15 is 0 Å². The van der Waals surface area contributed by atoms with E-state index in [0.29, 0.717) is 12.5 Å². The Bertz CT molecular complexity index is 504. The van der Waals surface area contributed by atoms with Crippen LogP contribution in [0.25, 0.3) is 0 Å². The first-order chi connectivity index (χ1) is 8.79. The summed E-state index contributed by atoms with van der Waals surface area (Å²) in [4.78, 5) is 4.25. The van der Waals surface area contributed by atoms with Gasteiger partial charge in [-0.05, 0) is 35.9 Å². The molecule has 94 valence electrons. The van der Waals surface area contributed by atoms with Crippen molar-refractivity contribution in [1.82, 2.24) is 4.98 Å². The molecule has 4 heteroatoms. The van der Waals surface area contributed by atoms with E-state index in [-0.39, 0.29) is 0 Å². The molecule has 2 nitrogen and oxygen atoms in total. The van der Waals surface area contributed by atoms with Gasteiger partial charge in [0.15, 0.2) is 0 Å². The number of ether oxygens (including phenoxy) is 1. The molecule has 0 atom stereocenters. The third-order valence-corrected chi connectivity index (χ3v) is 3.58. The molecule has 0 spiro atoms. The Labute approximate surface area is 120 Å². The fourth-order valence-corrected chi connectivity index (χ4v) is 2.33. The lowest BCUT2D eigenvalue weighted by molar-refractivity contribution is 0.320. The molecule has 1 heterocycles. The van der Waals surface area contributed by atoms with Gasteiger partial charge in [0.05, 0.1) is 6.61 Å². The fourth-order valence-electron chi connectivity index (χ4n) is 1.56. The molecule has 0 aliphatic carbocycles. The van der Waals surface area contributed by atoms with Crippen LogP contribution in [-0.2, 0) is 12.3 Å². The van der Waals surface area contributed by atoms with Gasteiger partial charge in [-0.2, -0.15) is 0 Å². The minimum atomic E-state index is 0.470. The van der Waals surface area contributed by atoms with Gasteiger partial charge in [0.1, 0.15) is 5.75 Å². The molecule has 18 heavy (non-hydrogen) atoms. The molecule has 2 aromatic rings. The highest BCUT2D eigenvalue weighted by Gasteiger charge is 2.02. The van der Waals surface area contributed by atoms with Gasteiger partial charge in [0.2, 0.25) is 0 Å². The van der Waals surface area contributed by atoms with Gasteiger partial charge >= 0.3 is 0 Å². The first kappa shape index (κ1) is 13.4. The lowest BCUT2D eigenvalue weighted by Crippen LogP contribution is -2.02. The Kier molecular flexibility index (Phi) is 5.02. The quantitative estimate of drug-likeness (QED) is 0.768. The SMILES string of the molecule is ClCc1cc(OCCc2ccccn2)ccc1Br. The molecule has 0 fully saturated rings. The monoisotopic (exact) mass is 325 g/mol. The van der Waals surface area contributed by atoms with Crippen LogP contribution in [0.4, 0.5) is 0 Å². The van der Waals surface area contributed by atoms with Crippen LogP contribution in [0.2, 0.25) is 0 Å². The van der Waals surface area contributed by atoms with Gasteiger partial charge in [0.25, 0.3) is 0 Å². The summed E-state index contributed by atoms with van der Waals surface area (Å²) in [7, 11) is 0. The van der Waals surface area contributed by atoms with Crippen LogP contribution in [0.5, 0.6) is 5.75 Å². The molecule has 0 saturated carbocycles. The highest BCUT2D eigenvalue weighted by molar-refractivity contribution is 9.10. The average molecular weight is 327 g/mol.